The van der Waals surface area contributed by atoms with Gasteiger partial charge in [0.15, 0.2) is 0 Å². The largest absolute Gasteiger partial charge is 0.478 e. The fraction of sp³-hybridized carbons (Fsp3) is 0.0952. The fourth-order valence-electron chi connectivity index (χ4n) is 3.15. The van der Waals surface area contributed by atoms with Crippen LogP contribution in [0.1, 0.15) is 22.0 Å². The molecule has 2 heterocycles. The van der Waals surface area contributed by atoms with E-state index in [0.29, 0.717) is 22.6 Å². The fourth-order valence-corrected chi connectivity index (χ4v) is 4.24. The number of benzene rings is 2. The Hall–Kier alpha value is -3.56. The van der Waals surface area contributed by atoms with E-state index >= 15 is 0 Å². The van der Waals surface area contributed by atoms with Crippen molar-refractivity contribution in [3.63, 3.8) is 0 Å². The van der Waals surface area contributed by atoms with Crippen molar-refractivity contribution >= 4 is 39.8 Å². The summed E-state index contributed by atoms with van der Waals surface area (Å²) in [6, 6.07) is 15.5. The van der Waals surface area contributed by atoms with Gasteiger partial charge in [-0.05, 0) is 33.7 Å². The number of carboxylic acids is 1. The number of tetrazole rings is 1. The van der Waals surface area contributed by atoms with E-state index in [9.17, 15) is 14.7 Å². The molecule has 0 saturated carbocycles. The Morgan fingerprint density at radius 3 is 2.52 bits per heavy atom. The van der Waals surface area contributed by atoms with E-state index in [4.69, 9.17) is 11.6 Å². The molecule has 4 rings (SSSR count). The Kier molecular flexibility index (Phi) is 6.06. The third kappa shape index (κ3) is 4.62. The number of anilines is 1. The molecule has 2 N–H and O–H groups in total. The minimum Gasteiger partial charge on any atom is -0.478 e. The van der Waals surface area contributed by atoms with Gasteiger partial charge in [-0.25, -0.2) is 9.48 Å². The highest BCUT2D eigenvalue weighted by atomic mass is 35.5. The number of halogens is 1. The second-order valence-corrected chi connectivity index (χ2v) is 7.97. The lowest BCUT2D eigenvalue weighted by Crippen LogP contribution is -2.28. The molecule has 1 amide bonds. The number of rotatable bonds is 7. The van der Waals surface area contributed by atoms with E-state index in [1.165, 1.54) is 11.0 Å². The molecule has 8 nitrogen and oxygen atoms in total. The van der Waals surface area contributed by atoms with Gasteiger partial charge in [0.1, 0.15) is 22.9 Å². The number of hydrogen-bond acceptors (Lipinski definition) is 6. The van der Waals surface area contributed by atoms with E-state index < -0.39 is 17.9 Å². The van der Waals surface area contributed by atoms with E-state index in [2.05, 4.69) is 20.8 Å². The van der Waals surface area contributed by atoms with Crippen LogP contribution in [0.4, 0.5) is 5.00 Å². The van der Waals surface area contributed by atoms with Gasteiger partial charge in [0.25, 0.3) is 0 Å². The van der Waals surface area contributed by atoms with Crippen molar-refractivity contribution in [2.24, 2.45) is 0 Å². The summed E-state index contributed by atoms with van der Waals surface area (Å²) in [4.78, 5) is 25.2. The lowest BCUT2D eigenvalue weighted by atomic mass is 10.0. The molecular formula is C21H16ClN5O3S. The Morgan fingerprint density at radius 2 is 1.87 bits per heavy atom. The van der Waals surface area contributed by atoms with Crippen LogP contribution in [0.2, 0.25) is 5.02 Å². The van der Waals surface area contributed by atoms with Crippen LogP contribution in [-0.4, -0.2) is 37.2 Å². The average Bonchev–Trinajstić information content (AvgIpc) is 3.43. The minimum atomic E-state index is -1.14. The first-order valence-electron chi connectivity index (χ1n) is 9.21. The van der Waals surface area contributed by atoms with E-state index in [0.717, 1.165) is 16.9 Å². The maximum Gasteiger partial charge on any atom is 0.339 e. The Morgan fingerprint density at radius 1 is 1.13 bits per heavy atom. The highest BCUT2D eigenvalue weighted by Crippen LogP contribution is 2.36. The molecular weight excluding hydrogens is 438 g/mol. The van der Waals surface area contributed by atoms with Gasteiger partial charge in [0, 0.05) is 22.4 Å². The highest BCUT2D eigenvalue weighted by Gasteiger charge is 2.26. The third-order valence-corrected chi connectivity index (χ3v) is 5.80. The third-order valence-electron chi connectivity index (χ3n) is 4.66. The molecule has 0 aliphatic carbocycles. The minimum absolute atomic E-state index is 0.0239. The van der Waals surface area contributed by atoms with Crippen LogP contribution in [0.3, 0.4) is 0 Å². The number of carbonyl (C=O) groups is 2. The van der Waals surface area contributed by atoms with Crippen molar-refractivity contribution in [1.82, 2.24) is 20.2 Å². The summed E-state index contributed by atoms with van der Waals surface area (Å²) < 4.78 is 1.36. The Bertz CT molecular complexity index is 1190. The van der Waals surface area contributed by atoms with Crippen molar-refractivity contribution in [3.05, 3.63) is 82.5 Å². The molecule has 0 bridgehead atoms. The zero-order valence-corrected chi connectivity index (χ0v) is 17.5. The number of nitrogens with zero attached hydrogens (tertiary/aromatic N) is 4. The van der Waals surface area contributed by atoms with Crippen LogP contribution in [0.5, 0.6) is 0 Å². The van der Waals surface area contributed by atoms with Crippen molar-refractivity contribution < 1.29 is 14.7 Å². The smallest absolute Gasteiger partial charge is 0.339 e. The maximum absolute atomic E-state index is 13.1. The first-order valence-corrected chi connectivity index (χ1v) is 10.5. The van der Waals surface area contributed by atoms with Crippen molar-refractivity contribution in [3.8, 4) is 11.1 Å². The SMILES string of the molecule is O=C(O)c1c(-c2ccc(Cl)cc2)csc1NC(=O)C(Cc1ccccc1)n1cnnn1. The van der Waals surface area contributed by atoms with Crippen LogP contribution in [0.15, 0.2) is 66.3 Å². The Balaban J connectivity index is 1.64. The molecule has 1 unspecified atom stereocenters. The van der Waals surface area contributed by atoms with Crippen LogP contribution >= 0.6 is 22.9 Å². The molecule has 0 radical (unpaired) electrons. The molecule has 0 aliphatic heterocycles. The highest BCUT2D eigenvalue weighted by molar-refractivity contribution is 7.15. The van der Waals surface area contributed by atoms with Crippen LogP contribution in [0.25, 0.3) is 11.1 Å². The zero-order valence-electron chi connectivity index (χ0n) is 16.0. The molecule has 2 aromatic heterocycles. The second kappa shape index (κ2) is 9.07. The molecule has 0 spiro atoms. The number of thiophene rings is 1. The van der Waals surface area contributed by atoms with E-state index in [1.807, 2.05) is 30.3 Å². The van der Waals surface area contributed by atoms with Gasteiger partial charge in [-0.1, -0.05) is 54.1 Å². The molecule has 0 fully saturated rings. The first kappa shape index (κ1) is 20.7. The zero-order chi connectivity index (χ0) is 21.8. The molecule has 1 atom stereocenters. The summed E-state index contributed by atoms with van der Waals surface area (Å²) in [6.45, 7) is 0. The molecule has 0 saturated heterocycles. The monoisotopic (exact) mass is 453 g/mol. The van der Waals surface area contributed by atoms with E-state index in [1.54, 1.807) is 29.6 Å². The van der Waals surface area contributed by atoms with Gasteiger partial charge in [0.05, 0.1) is 0 Å². The van der Waals surface area contributed by atoms with Gasteiger partial charge in [0.2, 0.25) is 5.91 Å². The summed E-state index contributed by atoms with van der Waals surface area (Å²) in [5.74, 6) is -1.55. The van der Waals surface area contributed by atoms with Gasteiger partial charge < -0.3 is 10.4 Å². The summed E-state index contributed by atoms with van der Waals surface area (Å²) in [6.07, 6.45) is 1.70. The summed E-state index contributed by atoms with van der Waals surface area (Å²) >= 11 is 7.08. The molecule has 156 valence electrons. The van der Waals surface area contributed by atoms with Gasteiger partial charge in [-0.15, -0.1) is 16.4 Å². The molecule has 2 aromatic carbocycles. The maximum atomic E-state index is 13.1. The van der Waals surface area contributed by atoms with Gasteiger partial charge >= 0.3 is 5.97 Å². The molecule has 0 aliphatic rings. The van der Waals surface area contributed by atoms with Crippen LogP contribution in [0, 0.1) is 0 Å². The number of carboxylic acid groups (broad SMARTS) is 1. The topological polar surface area (TPSA) is 110 Å². The van der Waals surface area contributed by atoms with Crippen molar-refractivity contribution in [1.29, 1.82) is 0 Å². The number of amides is 1. The number of aromatic nitrogens is 4. The van der Waals surface area contributed by atoms with Crippen molar-refractivity contribution in [2.75, 3.05) is 5.32 Å². The second-order valence-electron chi connectivity index (χ2n) is 6.65. The van der Waals surface area contributed by atoms with Crippen LogP contribution in [-0.2, 0) is 11.2 Å². The Labute approximate surface area is 186 Å². The quantitative estimate of drug-likeness (QED) is 0.434. The van der Waals surface area contributed by atoms with Crippen molar-refractivity contribution in [2.45, 2.75) is 12.5 Å². The predicted octanol–water partition coefficient (Wildman–Crippen LogP) is 4.18. The summed E-state index contributed by atoms with van der Waals surface area (Å²) in [7, 11) is 0. The lowest BCUT2D eigenvalue weighted by molar-refractivity contribution is -0.119. The van der Waals surface area contributed by atoms with Gasteiger partial charge in [-0.2, -0.15) is 0 Å². The van der Waals surface area contributed by atoms with Crippen LogP contribution < -0.4 is 5.32 Å². The normalized spacial score (nSPS) is 11.8. The average molecular weight is 454 g/mol. The predicted molar refractivity (Wildman–Crippen MR) is 117 cm³/mol. The van der Waals surface area contributed by atoms with Gasteiger partial charge in [-0.3, -0.25) is 4.79 Å². The summed E-state index contributed by atoms with van der Waals surface area (Å²) in [5.41, 5.74) is 2.15. The molecule has 4 aromatic rings. The lowest BCUT2D eigenvalue weighted by Gasteiger charge is -2.16. The molecule has 10 heteroatoms. The van der Waals surface area contributed by atoms with E-state index in [-0.39, 0.29) is 10.6 Å². The summed E-state index contributed by atoms with van der Waals surface area (Å²) in [5, 5.41) is 26.2. The molecule has 31 heavy (non-hydrogen) atoms. The first-order chi connectivity index (χ1) is 15.0. The number of nitrogens with one attached hydrogen (secondary N) is 1. The number of aromatic carboxylic acids is 1. The number of hydrogen-bond donors (Lipinski definition) is 2. The number of carbonyl (C=O) groups excluding carboxylic acids is 1. The standard InChI is InChI=1S/C21H16ClN5O3S/c22-15-8-6-14(7-9-15)16-11-31-20(18(16)21(29)30)24-19(28)17(27-12-23-25-26-27)10-13-4-2-1-3-5-13/h1-9,11-12,17H,10H2,(H,24,28)(H,29,30).